The van der Waals surface area contributed by atoms with Gasteiger partial charge in [-0.25, -0.2) is 0 Å². The van der Waals surface area contributed by atoms with Gasteiger partial charge in [0, 0.05) is 24.3 Å². The van der Waals surface area contributed by atoms with Crippen molar-refractivity contribution in [1.29, 1.82) is 5.26 Å². The van der Waals surface area contributed by atoms with Gasteiger partial charge in [0.15, 0.2) is 0 Å². The maximum atomic E-state index is 9.43. The predicted molar refractivity (Wildman–Crippen MR) is 135 cm³/mol. The van der Waals surface area contributed by atoms with Crippen LogP contribution in [0, 0.1) is 17.2 Å². The van der Waals surface area contributed by atoms with Gasteiger partial charge in [0.1, 0.15) is 11.8 Å². The van der Waals surface area contributed by atoms with Crippen molar-refractivity contribution in [3.63, 3.8) is 0 Å². The first kappa shape index (κ1) is 24.0. The van der Waals surface area contributed by atoms with Crippen LogP contribution in [0.1, 0.15) is 63.9 Å². The molecule has 2 aromatic rings. The Morgan fingerprint density at radius 1 is 1.09 bits per heavy atom. The van der Waals surface area contributed by atoms with Crippen molar-refractivity contribution in [2.45, 2.75) is 70.4 Å². The Balaban J connectivity index is 1.54. The van der Waals surface area contributed by atoms with Crippen LogP contribution in [0.5, 0.6) is 5.75 Å². The Bertz CT molecular complexity index is 979. The first-order valence-corrected chi connectivity index (χ1v) is 12.5. The highest BCUT2D eigenvalue weighted by Gasteiger charge is 2.24. The minimum absolute atomic E-state index is 0.245. The Labute approximate surface area is 202 Å². The Morgan fingerprint density at radius 3 is 2.59 bits per heavy atom. The minimum atomic E-state index is 0.245. The lowest BCUT2D eigenvalue weighted by Crippen LogP contribution is -2.40. The highest BCUT2D eigenvalue weighted by Crippen LogP contribution is 2.26. The topological polar surface area (TPSA) is 120 Å². The molecule has 2 heterocycles. The van der Waals surface area contributed by atoms with Crippen LogP contribution in [0.3, 0.4) is 0 Å². The zero-order valence-electron chi connectivity index (χ0n) is 20.2. The van der Waals surface area contributed by atoms with Crippen molar-refractivity contribution in [1.82, 2.24) is 20.3 Å². The third-order valence-corrected chi connectivity index (χ3v) is 6.82. The molecule has 182 valence electrons. The van der Waals surface area contributed by atoms with Gasteiger partial charge in [0.25, 0.3) is 0 Å². The van der Waals surface area contributed by atoms with Crippen molar-refractivity contribution in [3.05, 3.63) is 23.8 Å². The van der Waals surface area contributed by atoms with E-state index in [1.807, 2.05) is 6.07 Å². The molecule has 1 saturated carbocycles. The smallest absolute Gasteiger partial charge is 0.233 e. The Kier molecular flexibility index (Phi) is 8.36. The van der Waals surface area contributed by atoms with Gasteiger partial charge in [-0.1, -0.05) is 26.2 Å². The highest BCUT2D eigenvalue weighted by atomic mass is 16.5. The van der Waals surface area contributed by atoms with E-state index in [1.165, 1.54) is 38.5 Å². The second-order valence-corrected chi connectivity index (χ2v) is 9.20. The van der Waals surface area contributed by atoms with E-state index in [2.05, 4.69) is 44.2 Å². The Morgan fingerprint density at radius 2 is 1.88 bits per heavy atom. The Hall–Kier alpha value is -3.12. The maximum Gasteiger partial charge on any atom is 0.233 e. The van der Waals surface area contributed by atoms with Gasteiger partial charge in [0.05, 0.1) is 12.7 Å². The molecule has 1 aromatic carbocycles. The van der Waals surface area contributed by atoms with Gasteiger partial charge in [-0.05, 0) is 62.8 Å². The first-order chi connectivity index (χ1) is 16.7. The SMILES string of the molecule is CCC(Nc1nc(NCC2CCCCC2)nc(Nc2ccc(OC)c(C#N)c2)n1)C1CCCN1. The summed E-state index contributed by atoms with van der Waals surface area (Å²) in [5.74, 6) is 2.75. The van der Waals surface area contributed by atoms with Gasteiger partial charge in [-0.15, -0.1) is 0 Å². The number of nitrogens with one attached hydrogen (secondary N) is 4. The number of anilines is 4. The van der Waals surface area contributed by atoms with Crippen molar-refractivity contribution in [3.8, 4) is 11.8 Å². The van der Waals surface area contributed by atoms with Gasteiger partial charge in [-0.2, -0.15) is 20.2 Å². The number of aromatic nitrogens is 3. The normalized spacial score (nSPS) is 19.3. The lowest BCUT2D eigenvalue weighted by molar-refractivity contribution is 0.373. The summed E-state index contributed by atoms with van der Waals surface area (Å²) in [6, 6.07) is 8.18. The lowest BCUT2D eigenvalue weighted by atomic mass is 9.89. The van der Waals surface area contributed by atoms with Crippen molar-refractivity contribution in [2.75, 3.05) is 36.1 Å². The van der Waals surface area contributed by atoms with Crippen LogP contribution in [0.2, 0.25) is 0 Å². The van der Waals surface area contributed by atoms with Crippen molar-refractivity contribution < 1.29 is 4.74 Å². The van der Waals surface area contributed by atoms with E-state index in [0.29, 0.717) is 41.1 Å². The zero-order valence-corrected chi connectivity index (χ0v) is 20.2. The number of nitrogens with zero attached hydrogens (tertiary/aromatic N) is 4. The molecule has 4 N–H and O–H groups in total. The summed E-state index contributed by atoms with van der Waals surface area (Å²) in [6.45, 7) is 4.10. The molecule has 9 nitrogen and oxygen atoms in total. The number of benzene rings is 1. The van der Waals surface area contributed by atoms with Crippen LogP contribution < -0.4 is 26.0 Å². The molecular weight excluding hydrogens is 428 g/mol. The molecule has 1 aliphatic heterocycles. The molecule has 0 amide bonds. The molecule has 4 rings (SSSR count). The summed E-state index contributed by atoms with van der Waals surface area (Å²) < 4.78 is 5.26. The molecule has 0 radical (unpaired) electrons. The third-order valence-electron chi connectivity index (χ3n) is 6.82. The maximum absolute atomic E-state index is 9.43. The largest absolute Gasteiger partial charge is 0.495 e. The molecular formula is C25H36N8O. The summed E-state index contributed by atoms with van der Waals surface area (Å²) >= 11 is 0. The van der Waals surface area contributed by atoms with Crippen molar-refractivity contribution >= 4 is 23.5 Å². The molecule has 2 aliphatic rings. The van der Waals surface area contributed by atoms with Crippen LogP contribution in [0.25, 0.3) is 0 Å². The molecule has 0 spiro atoms. The standard InChI is InChI=1S/C25H36N8O/c1-3-20(21-10-7-13-27-21)30-25-32-23(28-16-17-8-5-4-6-9-17)31-24(33-25)29-19-11-12-22(34-2)18(14-19)15-26/h11-12,14,17,20-21,27H,3-10,13,16H2,1-2H3,(H3,28,29,30,31,32,33). The second-order valence-electron chi connectivity index (χ2n) is 9.20. The van der Waals surface area contributed by atoms with Gasteiger partial charge in [-0.3, -0.25) is 0 Å². The number of rotatable bonds is 10. The molecule has 1 aliphatic carbocycles. The molecule has 1 saturated heterocycles. The van der Waals surface area contributed by atoms with E-state index >= 15 is 0 Å². The molecule has 2 atom stereocenters. The van der Waals surface area contributed by atoms with Crippen molar-refractivity contribution in [2.24, 2.45) is 5.92 Å². The van der Waals surface area contributed by atoms with E-state index < -0.39 is 0 Å². The summed E-state index contributed by atoms with van der Waals surface area (Å²) in [7, 11) is 1.56. The summed E-state index contributed by atoms with van der Waals surface area (Å²) in [4.78, 5) is 14.0. The summed E-state index contributed by atoms with van der Waals surface area (Å²) in [6.07, 6.45) is 9.76. The highest BCUT2D eigenvalue weighted by molar-refractivity contribution is 5.61. The number of hydrogen-bond acceptors (Lipinski definition) is 9. The quantitative estimate of drug-likeness (QED) is 0.405. The van der Waals surface area contributed by atoms with E-state index in [4.69, 9.17) is 9.72 Å². The molecule has 9 heteroatoms. The van der Waals surface area contributed by atoms with E-state index in [-0.39, 0.29) is 6.04 Å². The minimum Gasteiger partial charge on any atom is -0.495 e. The zero-order chi connectivity index (χ0) is 23.8. The molecule has 1 aromatic heterocycles. The van der Waals surface area contributed by atoms with E-state index in [1.54, 1.807) is 19.2 Å². The monoisotopic (exact) mass is 464 g/mol. The molecule has 34 heavy (non-hydrogen) atoms. The molecule has 2 fully saturated rings. The van der Waals surface area contributed by atoms with E-state index in [0.717, 1.165) is 31.6 Å². The van der Waals surface area contributed by atoms with Crippen LogP contribution in [0.15, 0.2) is 18.2 Å². The van der Waals surface area contributed by atoms with Crippen LogP contribution in [-0.4, -0.2) is 47.2 Å². The van der Waals surface area contributed by atoms with Crippen LogP contribution >= 0.6 is 0 Å². The number of ether oxygens (including phenoxy) is 1. The third kappa shape index (κ3) is 6.26. The molecule has 2 unspecified atom stereocenters. The van der Waals surface area contributed by atoms with Gasteiger partial charge >= 0.3 is 0 Å². The van der Waals surface area contributed by atoms with Crippen LogP contribution in [0.4, 0.5) is 23.5 Å². The lowest BCUT2D eigenvalue weighted by Gasteiger charge is -2.24. The number of methoxy groups -OCH3 is 1. The average molecular weight is 465 g/mol. The fourth-order valence-electron chi connectivity index (χ4n) is 4.91. The summed E-state index contributed by atoms with van der Waals surface area (Å²) in [5, 5.41) is 23.2. The fraction of sp³-hybridized carbons (Fsp3) is 0.600. The predicted octanol–water partition coefficient (Wildman–Crippen LogP) is 4.43. The van der Waals surface area contributed by atoms with E-state index in [9.17, 15) is 5.26 Å². The second kappa shape index (κ2) is 11.8. The fourth-order valence-corrected chi connectivity index (χ4v) is 4.91. The molecule has 0 bridgehead atoms. The van der Waals surface area contributed by atoms with Gasteiger partial charge < -0.3 is 26.0 Å². The average Bonchev–Trinajstić information content (AvgIpc) is 3.41. The number of hydrogen-bond donors (Lipinski definition) is 4. The first-order valence-electron chi connectivity index (χ1n) is 12.5. The number of nitriles is 1. The van der Waals surface area contributed by atoms with Gasteiger partial charge in [0.2, 0.25) is 17.8 Å². The summed E-state index contributed by atoms with van der Waals surface area (Å²) in [5.41, 5.74) is 1.17. The van der Waals surface area contributed by atoms with Crippen LogP contribution in [-0.2, 0) is 0 Å².